The number of amides is 1. The Labute approximate surface area is 209 Å². The number of rotatable bonds is 9. The number of ether oxygens (including phenoxy) is 2. The number of nitrogens with zero attached hydrogens (tertiary/aromatic N) is 3. The third-order valence-corrected chi connectivity index (χ3v) is 7.14. The van der Waals surface area contributed by atoms with Gasteiger partial charge in [0.15, 0.2) is 5.17 Å². The van der Waals surface area contributed by atoms with E-state index in [0.29, 0.717) is 40.7 Å². The maximum Gasteiger partial charge on any atom is 0.338 e. The quantitative estimate of drug-likeness (QED) is 0.410. The Morgan fingerprint density at radius 2 is 2.06 bits per heavy atom. The summed E-state index contributed by atoms with van der Waals surface area (Å²) >= 11 is 1.37. The van der Waals surface area contributed by atoms with Crippen molar-refractivity contribution in [1.29, 1.82) is 0 Å². The smallest absolute Gasteiger partial charge is 0.338 e. The number of hydrogen-bond acceptors (Lipinski definition) is 8. The molecule has 1 amide bonds. The van der Waals surface area contributed by atoms with Gasteiger partial charge in [-0.25, -0.2) is 14.2 Å². The number of halogens is 1. The number of allylic oxidation sites excluding steroid dienone is 1. The predicted molar refractivity (Wildman–Crippen MR) is 133 cm³/mol. The molecule has 0 radical (unpaired) electrons. The van der Waals surface area contributed by atoms with Crippen molar-refractivity contribution in [3.05, 3.63) is 58.0 Å². The van der Waals surface area contributed by atoms with Crippen LogP contribution >= 0.6 is 11.8 Å². The highest BCUT2D eigenvalue weighted by atomic mass is 32.2. The van der Waals surface area contributed by atoms with E-state index < -0.39 is 17.8 Å². The number of carbonyl (C=O) groups excluding carboxylic acids is 2. The van der Waals surface area contributed by atoms with Gasteiger partial charge in [-0.3, -0.25) is 9.69 Å². The number of amidine groups is 1. The summed E-state index contributed by atoms with van der Waals surface area (Å²) < 4.78 is 25.4. The van der Waals surface area contributed by atoms with Gasteiger partial charge in [0.05, 0.1) is 44.1 Å². The summed E-state index contributed by atoms with van der Waals surface area (Å²) in [5.74, 6) is -1.11. The Morgan fingerprint density at radius 3 is 2.77 bits per heavy atom. The van der Waals surface area contributed by atoms with Crippen molar-refractivity contribution < 1.29 is 23.5 Å². The first-order chi connectivity index (χ1) is 17.0. The van der Waals surface area contributed by atoms with E-state index in [4.69, 9.17) is 9.47 Å². The number of nitrogens with one attached hydrogen (secondary N) is 1. The number of hydrogen-bond donors (Lipinski definition) is 1. The summed E-state index contributed by atoms with van der Waals surface area (Å²) in [6.45, 7) is 6.72. The molecule has 0 aromatic heterocycles. The first-order valence-corrected chi connectivity index (χ1v) is 12.8. The van der Waals surface area contributed by atoms with E-state index in [1.54, 1.807) is 23.1 Å². The lowest BCUT2D eigenvalue weighted by Crippen LogP contribution is -2.39. The SMILES string of the molecule is CCC1=C(C(=O)OC)C(c2ccccc2F)N2C(CC(=O)NCCCN3CCOCC3)=CSC2=N1. The van der Waals surface area contributed by atoms with Crippen LogP contribution in [0.3, 0.4) is 0 Å². The average molecular weight is 503 g/mol. The molecule has 1 saturated heterocycles. The van der Waals surface area contributed by atoms with Crippen LogP contribution in [-0.4, -0.2) is 73.3 Å². The molecule has 10 heteroatoms. The molecule has 0 saturated carbocycles. The molecule has 4 rings (SSSR count). The molecule has 1 aromatic rings. The van der Waals surface area contributed by atoms with Crippen LogP contribution in [0.4, 0.5) is 4.39 Å². The van der Waals surface area contributed by atoms with E-state index in [-0.39, 0.29) is 12.3 Å². The minimum atomic E-state index is -0.763. The topological polar surface area (TPSA) is 83.5 Å². The molecule has 188 valence electrons. The first-order valence-electron chi connectivity index (χ1n) is 11.9. The van der Waals surface area contributed by atoms with Crippen LogP contribution < -0.4 is 5.32 Å². The van der Waals surface area contributed by atoms with Crippen molar-refractivity contribution in [1.82, 2.24) is 15.1 Å². The van der Waals surface area contributed by atoms with Gasteiger partial charge in [0.25, 0.3) is 0 Å². The molecule has 3 aliphatic rings. The van der Waals surface area contributed by atoms with Crippen LogP contribution in [0.1, 0.15) is 37.8 Å². The Kier molecular flexibility index (Phi) is 8.59. The first kappa shape index (κ1) is 25.4. The number of benzene rings is 1. The summed E-state index contributed by atoms with van der Waals surface area (Å²) in [5, 5.41) is 5.46. The van der Waals surface area contributed by atoms with Crippen LogP contribution in [0.2, 0.25) is 0 Å². The van der Waals surface area contributed by atoms with Crippen LogP contribution in [0.25, 0.3) is 0 Å². The number of carbonyl (C=O) groups is 2. The highest BCUT2D eigenvalue weighted by Crippen LogP contribution is 2.45. The number of aliphatic imine (C=N–C) groups is 1. The maximum atomic E-state index is 15.0. The molecule has 0 aliphatic carbocycles. The van der Waals surface area contributed by atoms with E-state index in [1.165, 1.54) is 24.9 Å². The normalized spacial score (nSPS) is 20.3. The second-order valence-corrected chi connectivity index (χ2v) is 9.29. The number of esters is 1. The van der Waals surface area contributed by atoms with Gasteiger partial charge in [0, 0.05) is 30.9 Å². The van der Waals surface area contributed by atoms with Gasteiger partial charge in [0.2, 0.25) is 5.91 Å². The lowest BCUT2D eigenvalue weighted by atomic mass is 9.92. The second-order valence-electron chi connectivity index (χ2n) is 8.46. The Hall–Kier alpha value is -2.69. The van der Waals surface area contributed by atoms with Crippen molar-refractivity contribution in [2.75, 3.05) is 46.5 Å². The average Bonchev–Trinajstić information content (AvgIpc) is 3.28. The van der Waals surface area contributed by atoms with Crippen LogP contribution in [0.5, 0.6) is 0 Å². The zero-order valence-electron chi connectivity index (χ0n) is 20.1. The van der Waals surface area contributed by atoms with Crippen LogP contribution in [0, 0.1) is 5.82 Å². The van der Waals surface area contributed by atoms with Crippen LogP contribution in [-0.2, 0) is 19.1 Å². The minimum absolute atomic E-state index is 0.102. The van der Waals surface area contributed by atoms with Gasteiger partial charge >= 0.3 is 5.97 Å². The fourth-order valence-electron chi connectivity index (χ4n) is 4.49. The molecule has 1 fully saturated rings. The number of thioether (sulfide) groups is 1. The van der Waals surface area contributed by atoms with Crippen LogP contribution in [0.15, 0.2) is 51.6 Å². The minimum Gasteiger partial charge on any atom is -0.466 e. The lowest BCUT2D eigenvalue weighted by Gasteiger charge is -2.36. The number of fused-ring (bicyclic) bond motifs is 1. The zero-order chi connectivity index (χ0) is 24.8. The number of morpholine rings is 1. The maximum absolute atomic E-state index is 15.0. The lowest BCUT2D eigenvalue weighted by molar-refractivity contribution is -0.136. The van der Waals surface area contributed by atoms with Gasteiger partial charge in [-0.1, -0.05) is 36.9 Å². The van der Waals surface area contributed by atoms with Gasteiger partial charge in [-0.2, -0.15) is 0 Å². The second kappa shape index (κ2) is 11.8. The molecule has 1 unspecified atom stereocenters. The summed E-state index contributed by atoms with van der Waals surface area (Å²) in [6, 6.07) is 5.61. The summed E-state index contributed by atoms with van der Waals surface area (Å²) in [7, 11) is 1.31. The molecule has 3 heterocycles. The highest BCUT2D eigenvalue weighted by molar-refractivity contribution is 8.16. The van der Waals surface area contributed by atoms with Gasteiger partial charge < -0.3 is 19.7 Å². The third kappa shape index (κ3) is 5.76. The fraction of sp³-hybridized carbons (Fsp3) is 0.480. The summed E-state index contributed by atoms with van der Waals surface area (Å²) in [4.78, 5) is 34.4. The van der Waals surface area contributed by atoms with E-state index in [0.717, 1.165) is 39.3 Å². The van der Waals surface area contributed by atoms with E-state index in [9.17, 15) is 14.0 Å². The number of methoxy groups -OCH3 is 1. The van der Waals surface area contributed by atoms with Gasteiger partial charge in [-0.05, 0) is 30.9 Å². The Bertz CT molecular complexity index is 1050. The molecule has 1 atom stereocenters. The van der Waals surface area contributed by atoms with E-state index in [2.05, 4.69) is 15.2 Å². The predicted octanol–water partition coefficient (Wildman–Crippen LogP) is 3.19. The molecule has 1 N–H and O–H groups in total. The standard InChI is InChI=1S/C25H31FN4O4S/c1-3-20-22(24(32)33-2)23(18-7-4-5-8-19(18)26)30-17(16-35-25(30)28-20)15-21(31)27-9-6-10-29-11-13-34-14-12-29/h4-5,7-8,16,23H,3,6,9-15H2,1-2H3,(H,27,31). The largest absolute Gasteiger partial charge is 0.466 e. The van der Waals surface area contributed by atoms with Crippen molar-refractivity contribution in [3.8, 4) is 0 Å². The summed E-state index contributed by atoms with van der Waals surface area (Å²) in [6.07, 6.45) is 1.44. The molecule has 0 bridgehead atoms. The van der Waals surface area contributed by atoms with E-state index >= 15 is 0 Å². The molecule has 35 heavy (non-hydrogen) atoms. The van der Waals surface area contributed by atoms with Crippen molar-refractivity contribution >= 4 is 28.8 Å². The molecule has 0 spiro atoms. The molecule has 1 aromatic carbocycles. The van der Waals surface area contributed by atoms with Crippen molar-refractivity contribution in [2.45, 2.75) is 32.2 Å². The third-order valence-electron chi connectivity index (χ3n) is 6.25. The highest BCUT2D eigenvalue weighted by Gasteiger charge is 2.42. The van der Waals surface area contributed by atoms with Gasteiger partial charge in [-0.15, -0.1) is 0 Å². The summed E-state index contributed by atoms with van der Waals surface area (Å²) in [5.41, 5.74) is 1.86. The Morgan fingerprint density at radius 1 is 1.29 bits per heavy atom. The zero-order valence-corrected chi connectivity index (χ0v) is 20.9. The van der Waals surface area contributed by atoms with Crippen molar-refractivity contribution in [2.24, 2.45) is 4.99 Å². The fourth-order valence-corrected chi connectivity index (χ4v) is 5.42. The van der Waals surface area contributed by atoms with E-state index in [1.807, 2.05) is 12.3 Å². The molecule has 3 aliphatic heterocycles. The molecular formula is C25H31FN4O4S. The molecular weight excluding hydrogens is 471 g/mol. The van der Waals surface area contributed by atoms with Crippen molar-refractivity contribution in [3.63, 3.8) is 0 Å². The van der Waals surface area contributed by atoms with Gasteiger partial charge in [0.1, 0.15) is 5.82 Å². The Balaban J connectivity index is 1.49. The monoisotopic (exact) mass is 502 g/mol. The molecule has 8 nitrogen and oxygen atoms in total.